The molecule has 0 amide bonds. The Morgan fingerprint density at radius 2 is 2.03 bits per heavy atom. The minimum Gasteiger partial charge on any atom is -0.481 e. The van der Waals surface area contributed by atoms with E-state index in [4.69, 9.17) is 4.74 Å². The number of ether oxygens (including phenoxy) is 1. The first-order chi connectivity index (χ1) is 16.5. The van der Waals surface area contributed by atoms with Crippen LogP contribution >= 0.6 is 0 Å². The minimum absolute atomic E-state index is 0.218. The number of aliphatic carboxylic acids is 1. The predicted octanol–water partition coefficient (Wildman–Crippen LogP) is 2.26. The lowest BCUT2D eigenvalue weighted by atomic mass is 9.81. The van der Waals surface area contributed by atoms with Crippen molar-refractivity contribution in [3.63, 3.8) is 0 Å². The molecule has 180 valence electrons. The van der Waals surface area contributed by atoms with E-state index in [0.29, 0.717) is 30.3 Å². The van der Waals surface area contributed by atoms with E-state index in [1.807, 2.05) is 26.0 Å². The Labute approximate surface area is 198 Å². The maximum atomic E-state index is 12.0. The molecule has 0 aromatic carbocycles. The maximum absolute atomic E-state index is 12.0. The topological polar surface area (TPSA) is 142 Å². The number of tetrazole rings is 1. The Balaban J connectivity index is 1.46. The fourth-order valence-electron chi connectivity index (χ4n) is 4.18. The average Bonchev–Trinajstić information content (AvgIpc) is 3.38. The van der Waals surface area contributed by atoms with Crippen molar-refractivity contribution in [2.45, 2.75) is 32.6 Å². The SMILES string of the molecule is CC(C)CC(C(=O)O)C(Cc1ccc(Oc2ccnc(N3CCNCC3)c2)nc1)c1nn[nH]n1. The number of piperazine rings is 1. The zero-order valence-electron chi connectivity index (χ0n) is 19.4. The van der Waals surface area contributed by atoms with Gasteiger partial charge in [0, 0.05) is 56.6 Å². The van der Waals surface area contributed by atoms with Crippen LogP contribution in [0.25, 0.3) is 0 Å². The summed E-state index contributed by atoms with van der Waals surface area (Å²) in [6, 6.07) is 7.39. The smallest absolute Gasteiger partial charge is 0.307 e. The van der Waals surface area contributed by atoms with Crippen LogP contribution in [-0.4, -0.2) is 67.8 Å². The number of hydrogen-bond donors (Lipinski definition) is 3. The molecule has 2 atom stereocenters. The van der Waals surface area contributed by atoms with Gasteiger partial charge in [0.15, 0.2) is 5.82 Å². The number of pyridine rings is 2. The van der Waals surface area contributed by atoms with Crippen molar-refractivity contribution >= 4 is 11.8 Å². The molecular weight excluding hydrogens is 436 g/mol. The number of nitrogens with one attached hydrogen (secondary N) is 2. The number of carbonyl (C=O) groups is 1. The number of rotatable bonds is 10. The molecular formula is C23H30N8O3. The molecule has 0 saturated carbocycles. The van der Waals surface area contributed by atoms with Gasteiger partial charge in [-0.15, -0.1) is 10.2 Å². The summed E-state index contributed by atoms with van der Waals surface area (Å²) in [5, 5.41) is 27.4. The van der Waals surface area contributed by atoms with Crippen molar-refractivity contribution in [3.05, 3.63) is 48.0 Å². The second-order valence-corrected chi connectivity index (χ2v) is 8.85. The van der Waals surface area contributed by atoms with Crippen LogP contribution < -0.4 is 15.0 Å². The van der Waals surface area contributed by atoms with Crippen molar-refractivity contribution in [1.29, 1.82) is 0 Å². The molecule has 11 heteroatoms. The van der Waals surface area contributed by atoms with Crippen LogP contribution in [0, 0.1) is 11.8 Å². The summed E-state index contributed by atoms with van der Waals surface area (Å²) >= 11 is 0. The quantitative estimate of drug-likeness (QED) is 0.407. The number of aromatic amines is 1. The molecule has 0 radical (unpaired) electrons. The Kier molecular flexibility index (Phi) is 7.63. The predicted molar refractivity (Wildman–Crippen MR) is 125 cm³/mol. The maximum Gasteiger partial charge on any atom is 0.307 e. The van der Waals surface area contributed by atoms with Crippen molar-refractivity contribution in [2.24, 2.45) is 11.8 Å². The Hall–Kier alpha value is -3.60. The number of hydrogen-bond acceptors (Lipinski definition) is 9. The summed E-state index contributed by atoms with van der Waals surface area (Å²) in [4.78, 5) is 23.1. The highest BCUT2D eigenvalue weighted by atomic mass is 16.5. The second kappa shape index (κ2) is 11.0. The summed E-state index contributed by atoms with van der Waals surface area (Å²) in [6.07, 6.45) is 4.38. The third kappa shape index (κ3) is 6.04. The van der Waals surface area contributed by atoms with E-state index in [2.05, 4.69) is 40.8 Å². The van der Waals surface area contributed by atoms with Gasteiger partial charge in [-0.2, -0.15) is 5.21 Å². The Bertz CT molecular complexity index is 1050. The first-order valence-corrected chi connectivity index (χ1v) is 11.5. The monoisotopic (exact) mass is 466 g/mol. The third-order valence-electron chi connectivity index (χ3n) is 5.86. The molecule has 1 fully saturated rings. The molecule has 4 heterocycles. The largest absolute Gasteiger partial charge is 0.481 e. The van der Waals surface area contributed by atoms with Crippen LogP contribution in [0.5, 0.6) is 11.6 Å². The molecule has 0 aliphatic carbocycles. The van der Waals surface area contributed by atoms with Gasteiger partial charge in [-0.1, -0.05) is 25.1 Å². The first-order valence-electron chi connectivity index (χ1n) is 11.5. The van der Waals surface area contributed by atoms with E-state index in [0.717, 1.165) is 37.6 Å². The summed E-state index contributed by atoms with van der Waals surface area (Å²) in [6.45, 7) is 7.67. The second-order valence-electron chi connectivity index (χ2n) is 8.85. The van der Waals surface area contributed by atoms with E-state index < -0.39 is 17.8 Å². The summed E-state index contributed by atoms with van der Waals surface area (Å²) in [5.74, 6) is 0.688. The molecule has 34 heavy (non-hydrogen) atoms. The number of carboxylic acids is 1. The van der Waals surface area contributed by atoms with Crippen molar-refractivity contribution in [1.82, 2.24) is 35.9 Å². The molecule has 2 unspecified atom stereocenters. The fraction of sp³-hybridized carbons (Fsp3) is 0.478. The van der Waals surface area contributed by atoms with Crippen LogP contribution in [0.15, 0.2) is 36.7 Å². The lowest BCUT2D eigenvalue weighted by Gasteiger charge is -2.28. The Morgan fingerprint density at radius 1 is 1.21 bits per heavy atom. The fourth-order valence-corrected chi connectivity index (χ4v) is 4.18. The van der Waals surface area contributed by atoms with Gasteiger partial charge in [0.1, 0.15) is 11.6 Å². The minimum atomic E-state index is -0.866. The number of aromatic nitrogens is 6. The zero-order chi connectivity index (χ0) is 23.9. The lowest BCUT2D eigenvalue weighted by molar-refractivity contribution is -0.143. The third-order valence-corrected chi connectivity index (χ3v) is 5.86. The van der Waals surface area contributed by atoms with Crippen LogP contribution in [-0.2, 0) is 11.2 Å². The summed E-state index contributed by atoms with van der Waals surface area (Å²) in [5.41, 5.74) is 0.869. The lowest BCUT2D eigenvalue weighted by Crippen LogP contribution is -2.43. The molecule has 0 spiro atoms. The van der Waals surface area contributed by atoms with E-state index in [-0.39, 0.29) is 5.92 Å². The number of nitrogens with zero attached hydrogens (tertiary/aromatic N) is 6. The molecule has 3 aromatic heterocycles. The molecule has 0 bridgehead atoms. The highest BCUT2D eigenvalue weighted by molar-refractivity contribution is 5.71. The molecule has 1 aliphatic heterocycles. The van der Waals surface area contributed by atoms with Gasteiger partial charge in [0.2, 0.25) is 5.88 Å². The highest BCUT2D eigenvalue weighted by Gasteiger charge is 2.33. The summed E-state index contributed by atoms with van der Waals surface area (Å²) < 4.78 is 5.95. The molecule has 3 N–H and O–H groups in total. The number of anilines is 1. The Morgan fingerprint density at radius 3 is 2.68 bits per heavy atom. The van der Waals surface area contributed by atoms with Gasteiger partial charge in [-0.05, 0) is 30.4 Å². The molecule has 4 rings (SSSR count). The van der Waals surface area contributed by atoms with E-state index in [9.17, 15) is 9.90 Å². The van der Waals surface area contributed by atoms with Gasteiger partial charge in [-0.25, -0.2) is 9.97 Å². The van der Waals surface area contributed by atoms with Crippen LogP contribution in [0.4, 0.5) is 5.82 Å². The van der Waals surface area contributed by atoms with E-state index >= 15 is 0 Å². The zero-order valence-corrected chi connectivity index (χ0v) is 19.4. The van der Waals surface area contributed by atoms with Crippen molar-refractivity contribution in [2.75, 3.05) is 31.1 Å². The van der Waals surface area contributed by atoms with Gasteiger partial charge in [0.05, 0.1) is 5.92 Å². The van der Waals surface area contributed by atoms with Gasteiger partial charge in [0.25, 0.3) is 0 Å². The summed E-state index contributed by atoms with van der Waals surface area (Å²) in [7, 11) is 0. The van der Waals surface area contributed by atoms with Gasteiger partial charge >= 0.3 is 5.97 Å². The van der Waals surface area contributed by atoms with Crippen molar-refractivity contribution < 1.29 is 14.6 Å². The van der Waals surface area contributed by atoms with E-state index in [1.165, 1.54) is 0 Å². The molecule has 1 saturated heterocycles. The van der Waals surface area contributed by atoms with Crippen LogP contribution in [0.2, 0.25) is 0 Å². The highest BCUT2D eigenvalue weighted by Crippen LogP contribution is 2.31. The van der Waals surface area contributed by atoms with Crippen LogP contribution in [0.1, 0.15) is 37.6 Å². The van der Waals surface area contributed by atoms with Crippen LogP contribution in [0.3, 0.4) is 0 Å². The molecule has 11 nitrogen and oxygen atoms in total. The molecule has 1 aliphatic rings. The average molecular weight is 467 g/mol. The van der Waals surface area contributed by atoms with Gasteiger partial charge < -0.3 is 20.1 Å². The standard InChI is InChI=1S/C23H30N8O3/c1-15(2)11-19(23(32)33)18(22-27-29-30-28-22)12-16-3-4-21(26-14-16)34-17-5-6-25-20(13-17)31-9-7-24-8-10-31/h3-6,13-15,18-19,24H,7-12H2,1-2H3,(H,32,33)(H,27,28,29,30). The molecule has 3 aromatic rings. The van der Waals surface area contributed by atoms with Crippen molar-refractivity contribution in [3.8, 4) is 11.6 Å². The first kappa shape index (κ1) is 23.6. The number of H-pyrrole nitrogens is 1. The van der Waals surface area contributed by atoms with Gasteiger partial charge in [-0.3, -0.25) is 4.79 Å². The number of carboxylic acid groups (broad SMARTS) is 1. The van der Waals surface area contributed by atoms with E-state index in [1.54, 1.807) is 24.5 Å². The normalized spacial score (nSPS) is 15.8.